The van der Waals surface area contributed by atoms with Gasteiger partial charge in [0.15, 0.2) is 0 Å². The summed E-state index contributed by atoms with van der Waals surface area (Å²) in [5.74, 6) is 1.67. The molecule has 0 aliphatic carbocycles. The van der Waals surface area contributed by atoms with Crippen LogP contribution in [-0.4, -0.2) is 68.7 Å². The minimum Gasteiger partial charge on any atom is -0.495 e. The first-order valence-electron chi connectivity index (χ1n) is 12.0. The third-order valence-electron chi connectivity index (χ3n) is 6.80. The second kappa shape index (κ2) is 9.51. The van der Waals surface area contributed by atoms with Gasteiger partial charge in [0.25, 0.3) is 0 Å². The number of amides is 2. The summed E-state index contributed by atoms with van der Waals surface area (Å²) in [4.78, 5) is 33.7. The predicted molar refractivity (Wildman–Crippen MR) is 140 cm³/mol. The number of anilines is 3. The Morgan fingerprint density at radius 2 is 2.06 bits per heavy atom. The van der Waals surface area contributed by atoms with E-state index in [1.807, 2.05) is 36.4 Å². The quantitative estimate of drug-likeness (QED) is 0.505. The van der Waals surface area contributed by atoms with E-state index in [1.54, 1.807) is 18.2 Å². The summed E-state index contributed by atoms with van der Waals surface area (Å²) in [6.07, 6.45) is 1.17. The molecule has 0 bridgehead atoms. The summed E-state index contributed by atoms with van der Waals surface area (Å²) in [6.45, 7) is 3.86. The number of aromatic nitrogens is 1. The van der Waals surface area contributed by atoms with Crippen LogP contribution in [0.25, 0.3) is 10.9 Å². The summed E-state index contributed by atoms with van der Waals surface area (Å²) < 4.78 is 10.9. The number of benzene rings is 2. The highest BCUT2D eigenvalue weighted by molar-refractivity contribution is 8.00. The van der Waals surface area contributed by atoms with Crippen LogP contribution in [0.1, 0.15) is 0 Å². The lowest BCUT2D eigenvalue weighted by molar-refractivity contribution is -0.113. The number of fused-ring (bicyclic) bond motifs is 2. The van der Waals surface area contributed by atoms with Crippen molar-refractivity contribution in [3.8, 4) is 5.75 Å². The zero-order valence-corrected chi connectivity index (χ0v) is 20.7. The van der Waals surface area contributed by atoms with Gasteiger partial charge in [-0.25, -0.2) is 4.79 Å². The predicted octanol–water partition coefficient (Wildman–Crippen LogP) is 3.34. The number of carbonyl (C=O) groups excluding carboxylic acids is 2. The molecule has 3 aliphatic heterocycles. The van der Waals surface area contributed by atoms with Gasteiger partial charge >= 0.3 is 6.09 Å². The fraction of sp³-hybridized carbons (Fsp3) is 0.346. The first kappa shape index (κ1) is 22.9. The highest BCUT2D eigenvalue weighted by Gasteiger charge is 2.34. The minimum absolute atomic E-state index is 0.0258. The SMILES string of the molecule is COc1cnc2cccc(N3CC(CNC[C@@H]4CN(c5ccc6c(c5)NC(=O)CS6)C(=O)O4)C3)c2c1. The summed E-state index contributed by atoms with van der Waals surface area (Å²) >= 11 is 1.50. The molecule has 2 N–H and O–H groups in total. The molecule has 2 fully saturated rings. The maximum atomic E-state index is 12.5. The fourth-order valence-corrected chi connectivity index (χ4v) is 5.71. The van der Waals surface area contributed by atoms with Crippen molar-refractivity contribution in [2.24, 2.45) is 5.92 Å². The van der Waals surface area contributed by atoms with Gasteiger partial charge in [-0.05, 0) is 36.4 Å². The monoisotopic (exact) mass is 505 g/mol. The summed E-state index contributed by atoms with van der Waals surface area (Å²) in [5, 5.41) is 7.46. The smallest absolute Gasteiger partial charge is 0.414 e. The molecule has 3 aliphatic rings. The Bertz CT molecular complexity index is 1330. The first-order valence-corrected chi connectivity index (χ1v) is 13.0. The van der Waals surface area contributed by atoms with Gasteiger partial charge in [0.2, 0.25) is 5.91 Å². The van der Waals surface area contributed by atoms with E-state index in [4.69, 9.17) is 9.47 Å². The zero-order valence-electron chi connectivity index (χ0n) is 19.9. The molecule has 0 radical (unpaired) electrons. The van der Waals surface area contributed by atoms with Gasteiger partial charge in [-0.2, -0.15) is 0 Å². The summed E-state index contributed by atoms with van der Waals surface area (Å²) in [6, 6.07) is 13.9. The van der Waals surface area contributed by atoms with Crippen LogP contribution in [0.15, 0.2) is 53.6 Å². The van der Waals surface area contributed by atoms with E-state index in [0.717, 1.165) is 52.6 Å². The summed E-state index contributed by atoms with van der Waals surface area (Å²) in [7, 11) is 1.66. The van der Waals surface area contributed by atoms with E-state index in [9.17, 15) is 9.59 Å². The number of hydrogen-bond donors (Lipinski definition) is 2. The average molecular weight is 506 g/mol. The number of pyridine rings is 1. The maximum Gasteiger partial charge on any atom is 0.414 e. The Balaban J connectivity index is 1.00. The number of nitrogens with zero attached hydrogens (tertiary/aromatic N) is 3. The van der Waals surface area contributed by atoms with Crippen molar-refractivity contribution in [2.75, 3.05) is 60.7 Å². The van der Waals surface area contributed by atoms with Crippen LogP contribution in [0, 0.1) is 5.92 Å². The van der Waals surface area contributed by atoms with Crippen molar-refractivity contribution < 1.29 is 19.1 Å². The van der Waals surface area contributed by atoms with E-state index in [0.29, 0.717) is 24.8 Å². The number of cyclic esters (lactones) is 1. The molecule has 3 aromatic rings. The molecule has 4 heterocycles. The average Bonchev–Trinajstić information content (AvgIpc) is 3.24. The van der Waals surface area contributed by atoms with Crippen LogP contribution >= 0.6 is 11.8 Å². The van der Waals surface area contributed by atoms with Crippen molar-refractivity contribution >= 4 is 51.7 Å². The lowest BCUT2D eigenvalue weighted by Gasteiger charge is -2.41. The number of rotatable bonds is 7. The molecule has 2 aromatic carbocycles. The zero-order chi connectivity index (χ0) is 24.6. The lowest BCUT2D eigenvalue weighted by atomic mass is 9.98. The molecule has 36 heavy (non-hydrogen) atoms. The van der Waals surface area contributed by atoms with E-state index in [-0.39, 0.29) is 18.1 Å². The van der Waals surface area contributed by atoms with E-state index in [2.05, 4.69) is 26.6 Å². The number of carbonyl (C=O) groups is 2. The minimum atomic E-state index is -0.355. The molecule has 2 saturated heterocycles. The van der Waals surface area contributed by atoms with Crippen molar-refractivity contribution in [1.82, 2.24) is 10.3 Å². The Hall–Kier alpha value is -3.50. The van der Waals surface area contributed by atoms with Gasteiger partial charge in [-0.1, -0.05) is 6.07 Å². The van der Waals surface area contributed by atoms with E-state index >= 15 is 0 Å². The molecular weight excluding hydrogens is 478 g/mol. The molecule has 10 heteroatoms. The molecule has 6 rings (SSSR count). The van der Waals surface area contributed by atoms with Crippen molar-refractivity contribution in [3.63, 3.8) is 0 Å². The second-order valence-electron chi connectivity index (χ2n) is 9.28. The number of methoxy groups -OCH3 is 1. The highest BCUT2D eigenvalue weighted by atomic mass is 32.2. The van der Waals surface area contributed by atoms with Gasteiger partial charge in [-0.15, -0.1) is 11.8 Å². The third kappa shape index (κ3) is 4.42. The number of ether oxygens (including phenoxy) is 2. The van der Waals surface area contributed by atoms with E-state index < -0.39 is 0 Å². The Morgan fingerprint density at radius 3 is 2.92 bits per heavy atom. The molecule has 186 valence electrons. The van der Waals surface area contributed by atoms with Crippen LogP contribution in [0.4, 0.5) is 21.9 Å². The molecule has 9 nitrogen and oxygen atoms in total. The van der Waals surface area contributed by atoms with Crippen LogP contribution in [0.3, 0.4) is 0 Å². The van der Waals surface area contributed by atoms with E-state index in [1.165, 1.54) is 17.4 Å². The lowest BCUT2D eigenvalue weighted by Crippen LogP contribution is -2.51. The molecule has 1 aromatic heterocycles. The third-order valence-corrected chi connectivity index (χ3v) is 7.87. The van der Waals surface area contributed by atoms with Gasteiger partial charge in [0, 0.05) is 53.8 Å². The fourth-order valence-electron chi connectivity index (χ4n) is 4.92. The number of nitrogens with one attached hydrogen (secondary N) is 2. The molecule has 2 amide bonds. The van der Waals surface area contributed by atoms with Gasteiger partial charge < -0.3 is 25.0 Å². The van der Waals surface area contributed by atoms with Crippen molar-refractivity contribution in [1.29, 1.82) is 0 Å². The second-order valence-corrected chi connectivity index (χ2v) is 10.3. The van der Waals surface area contributed by atoms with Gasteiger partial charge in [0.05, 0.1) is 36.8 Å². The van der Waals surface area contributed by atoms with Gasteiger partial charge in [0.1, 0.15) is 11.9 Å². The highest BCUT2D eigenvalue weighted by Crippen LogP contribution is 2.36. The normalized spacial score (nSPS) is 19.6. The van der Waals surface area contributed by atoms with Crippen molar-refractivity contribution in [2.45, 2.75) is 11.0 Å². The van der Waals surface area contributed by atoms with Crippen LogP contribution < -0.4 is 25.2 Å². The van der Waals surface area contributed by atoms with Crippen LogP contribution in [0.2, 0.25) is 0 Å². The molecule has 0 spiro atoms. The molecule has 0 saturated carbocycles. The standard InChI is InChI=1S/C26H27N5O4S/c1-34-18-8-20-21(28-11-18)3-2-4-23(20)30-12-16(13-30)9-27-10-19-14-31(26(33)35-19)17-5-6-24-22(7-17)29-25(32)15-36-24/h2-8,11,16,19,27H,9-10,12-15H2,1H3,(H,29,32)/t19-/m1/s1. The maximum absolute atomic E-state index is 12.5. The topological polar surface area (TPSA) is 96.0 Å². The van der Waals surface area contributed by atoms with Crippen molar-refractivity contribution in [3.05, 3.63) is 48.7 Å². The Kier molecular flexibility index (Phi) is 6.06. The van der Waals surface area contributed by atoms with Gasteiger partial charge in [-0.3, -0.25) is 14.7 Å². The largest absolute Gasteiger partial charge is 0.495 e. The molecule has 1 atom stereocenters. The molecular formula is C26H27N5O4S. The van der Waals surface area contributed by atoms with Crippen LogP contribution in [-0.2, 0) is 9.53 Å². The summed E-state index contributed by atoms with van der Waals surface area (Å²) in [5.41, 5.74) is 3.62. The number of hydrogen-bond acceptors (Lipinski definition) is 8. The Morgan fingerprint density at radius 1 is 1.17 bits per heavy atom. The first-order chi connectivity index (χ1) is 17.6. The number of thioether (sulfide) groups is 1. The van der Waals surface area contributed by atoms with Crippen LogP contribution in [0.5, 0.6) is 5.75 Å². The molecule has 0 unspecified atom stereocenters. The Labute approximate surface area is 213 Å².